The van der Waals surface area contributed by atoms with Gasteiger partial charge in [-0.3, -0.25) is 10.1 Å². The lowest BCUT2D eigenvalue weighted by molar-refractivity contribution is -0.380. The smallest absolute Gasteiger partial charge is 0.326 e. The van der Waals surface area contributed by atoms with Crippen molar-refractivity contribution in [1.82, 2.24) is 9.97 Å². The van der Waals surface area contributed by atoms with E-state index in [1.54, 1.807) is 13.8 Å². The summed E-state index contributed by atoms with van der Waals surface area (Å²) in [5, 5.41) is 23.1. The molecule has 0 radical (unpaired) electrons. The summed E-state index contributed by atoms with van der Waals surface area (Å²) < 4.78 is 0. The average molecular weight is 296 g/mol. The van der Waals surface area contributed by atoms with Crippen molar-refractivity contribution < 1.29 is 14.8 Å². The van der Waals surface area contributed by atoms with Crippen LogP contribution in [0.1, 0.15) is 13.8 Å². The van der Waals surface area contributed by atoms with Gasteiger partial charge in [0.15, 0.2) is 0 Å². The molecule has 0 bridgehead atoms. The van der Waals surface area contributed by atoms with Crippen LogP contribution in [0.3, 0.4) is 0 Å². The van der Waals surface area contributed by atoms with E-state index in [1.165, 1.54) is 12.4 Å². The number of aliphatic carboxylic acids is 1. The van der Waals surface area contributed by atoms with Crippen molar-refractivity contribution in [2.24, 2.45) is 5.92 Å². The van der Waals surface area contributed by atoms with E-state index in [9.17, 15) is 14.9 Å². The number of carbonyl (C=O) groups is 1. The number of anilines is 1. The monoisotopic (exact) mass is 296 g/mol. The molecular weight excluding hydrogens is 284 g/mol. The fourth-order valence-electron chi connectivity index (χ4n) is 1.71. The Balaban J connectivity index is 2.43. The molecule has 20 heavy (non-hydrogen) atoms. The van der Waals surface area contributed by atoms with Crippen LogP contribution in [0.25, 0.3) is 10.2 Å². The number of nitrogens with one attached hydrogen (secondary N) is 1. The Morgan fingerprint density at radius 3 is 2.75 bits per heavy atom. The minimum absolute atomic E-state index is 0.0556. The molecule has 0 aliphatic carbocycles. The topological polar surface area (TPSA) is 118 Å². The van der Waals surface area contributed by atoms with Crippen molar-refractivity contribution in [3.05, 3.63) is 22.5 Å². The summed E-state index contributed by atoms with van der Waals surface area (Å²) in [5.74, 6) is -0.872. The Kier molecular flexibility index (Phi) is 3.79. The van der Waals surface area contributed by atoms with Crippen molar-refractivity contribution in [3.63, 3.8) is 0 Å². The summed E-state index contributed by atoms with van der Waals surface area (Å²) >= 11 is 0.926. The second kappa shape index (κ2) is 5.37. The zero-order valence-corrected chi connectivity index (χ0v) is 11.5. The average Bonchev–Trinajstić information content (AvgIpc) is 2.79. The van der Waals surface area contributed by atoms with E-state index in [4.69, 9.17) is 5.11 Å². The first kappa shape index (κ1) is 14.1. The molecule has 8 nitrogen and oxygen atoms in total. The van der Waals surface area contributed by atoms with Gasteiger partial charge in [-0.05, 0) is 17.3 Å². The normalized spacial score (nSPS) is 12.6. The highest BCUT2D eigenvalue weighted by Crippen LogP contribution is 2.33. The Hall–Kier alpha value is -2.29. The van der Waals surface area contributed by atoms with Crippen molar-refractivity contribution in [3.8, 4) is 0 Å². The molecular formula is C11H12N4O4S. The van der Waals surface area contributed by atoms with Gasteiger partial charge in [0.05, 0.1) is 10.3 Å². The summed E-state index contributed by atoms with van der Waals surface area (Å²) in [5.41, 5.74) is 0. The highest BCUT2D eigenvalue weighted by molar-refractivity contribution is 7.21. The van der Waals surface area contributed by atoms with Crippen LogP contribution >= 0.6 is 11.3 Å². The van der Waals surface area contributed by atoms with Gasteiger partial charge in [-0.15, -0.1) is 0 Å². The van der Waals surface area contributed by atoms with Crippen LogP contribution in [-0.2, 0) is 4.79 Å². The second-order valence-corrected chi connectivity index (χ2v) is 5.50. The SMILES string of the molecule is CC(C)[C@H](Nc1ncnc2sc([N+](=O)[O-])cc12)C(=O)O. The zero-order valence-electron chi connectivity index (χ0n) is 10.7. The zero-order chi connectivity index (χ0) is 14.9. The number of thiophene rings is 1. The van der Waals surface area contributed by atoms with Crippen molar-refractivity contribution in [2.45, 2.75) is 19.9 Å². The largest absolute Gasteiger partial charge is 0.480 e. The lowest BCUT2D eigenvalue weighted by Gasteiger charge is -2.18. The Morgan fingerprint density at radius 2 is 2.20 bits per heavy atom. The molecule has 1 atom stereocenters. The van der Waals surface area contributed by atoms with Gasteiger partial charge in [0.25, 0.3) is 0 Å². The van der Waals surface area contributed by atoms with Crippen molar-refractivity contribution >= 4 is 38.3 Å². The summed E-state index contributed by atoms with van der Waals surface area (Å²) in [4.78, 5) is 29.8. The molecule has 106 valence electrons. The molecule has 0 saturated carbocycles. The number of rotatable bonds is 5. The molecule has 0 spiro atoms. The van der Waals surface area contributed by atoms with Gasteiger partial charge in [-0.2, -0.15) is 0 Å². The van der Waals surface area contributed by atoms with Gasteiger partial charge in [0.2, 0.25) is 0 Å². The fourth-order valence-corrected chi connectivity index (χ4v) is 2.52. The molecule has 2 aromatic heterocycles. The number of aromatic nitrogens is 2. The number of carboxylic acids is 1. The van der Waals surface area contributed by atoms with Crippen LogP contribution < -0.4 is 5.32 Å². The third-order valence-electron chi connectivity index (χ3n) is 2.72. The van der Waals surface area contributed by atoms with Gasteiger partial charge in [-0.1, -0.05) is 13.8 Å². The Morgan fingerprint density at radius 1 is 1.50 bits per heavy atom. The maximum Gasteiger partial charge on any atom is 0.326 e. The standard InChI is InChI=1S/C11H12N4O4S/c1-5(2)8(11(16)17)14-9-6-3-7(15(18)19)20-10(6)13-4-12-9/h3-5,8H,1-2H3,(H,16,17)(H,12,13,14)/t8-/m0/s1. The molecule has 2 N–H and O–H groups in total. The molecule has 0 aliphatic rings. The second-order valence-electron chi connectivity index (χ2n) is 4.49. The summed E-state index contributed by atoms with van der Waals surface area (Å²) in [6.07, 6.45) is 1.25. The predicted molar refractivity (Wildman–Crippen MR) is 74.0 cm³/mol. The highest BCUT2D eigenvalue weighted by Gasteiger charge is 2.24. The van der Waals surface area contributed by atoms with Crippen molar-refractivity contribution in [2.75, 3.05) is 5.32 Å². The Bertz CT molecular complexity index is 669. The number of fused-ring (bicyclic) bond motifs is 1. The molecule has 2 aromatic rings. The quantitative estimate of drug-likeness (QED) is 0.640. The van der Waals surface area contributed by atoms with Gasteiger partial charge in [0, 0.05) is 6.07 Å². The molecule has 0 fully saturated rings. The summed E-state index contributed by atoms with van der Waals surface area (Å²) in [7, 11) is 0. The van der Waals surface area contributed by atoms with E-state index in [2.05, 4.69) is 15.3 Å². The maximum absolute atomic E-state index is 11.2. The number of carboxylic acid groups (broad SMARTS) is 1. The third kappa shape index (κ3) is 2.67. The van der Waals surface area contributed by atoms with Gasteiger partial charge in [0.1, 0.15) is 23.0 Å². The van der Waals surface area contributed by atoms with E-state index in [1.807, 2.05) is 0 Å². The minimum atomic E-state index is -1.00. The molecule has 0 aliphatic heterocycles. The van der Waals surface area contributed by atoms with E-state index in [0.29, 0.717) is 16.0 Å². The maximum atomic E-state index is 11.2. The fraction of sp³-hybridized carbons (Fsp3) is 0.364. The molecule has 0 amide bonds. The minimum Gasteiger partial charge on any atom is -0.480 e. The van der Waals surface area contributed by atoms with Crippen LogP contribution in [0.15, 0.2) is 12.4 Å². The number of nitrogens with zero attached hydrogens (tertiary/aromatic N) is 3. The number of hydrogen-bond acceptors (Lipinski definition) is 7. The molecule has 0 saturated heterocycles. The lowest BCUT2D eigenvalue weighted by Crippen LogP contribution is -2.34. The van der Waals surface area contributed by atoms with E-state index >= 15 is 0 Å². The first-order chi connectivity index (χ1) is 9.40. The first-order valence-corrected chi connectivity index (χ1v) is 6.60. The number of hydrogen-bond donors (Lipinski definition) is 2. The van der Waals surface area contributed by atoms with Crippen LogP contribution in [0, 0.1) is 16.0 Å². The molecule has 9 heteroatoms. The van der Waals surface area contributed by atoms with Gasteiger partial charge < -0.3 is 10.4 Å². The highest BCUT2D eigenvalue weighted by atomic mass is 32.1. The van der Waals surface area contributed by atoms with E-state index < -0.39 is 16.9 Å². The number of nitro groups is 1. The molecule has 2 rings (SSSR count). The lowest BCUT2D eigenvalue weighted by atomic mass is 10.0. The molecule has 0 unspecified atom stereocenters. The summed E-state index contributed by atoms with van der Waals surface area (Å²) in [6, 6.07) is 0.522. The van der Waals surface area contributed by atoms with Gasteiger partial charge >= 0.3 is 11.0 Å². The van der Waals surface area contributed by atoms with Crippen LogP contribution in [-0.4, -0.2) is 32.0 Å². The van der Waals surface area contributed by atoms with Crippen LogP contribution in [0.2, 0.25) is 0 Å². The van der Waals surface area contributed by atoms with Crippen molar-refractivity contribution in [1.29, 1.82) is 0 Å². The molecule has 2 heterocycles. The van der Waals surface area contributed by atoms with Gasteiger partial charge in [-0.25, -0.2) is 14.8 Å². The van der Waals surface area contributed by atoms with E-state index in [0.717, 1.165) is 11.3 Å². The molecule has 0 aromatic carbocycles. The summed E-state index contributed by atoms with van der Waals surface area (Å²) in [6.45, 7) is 3.53. The van der Waals surface area contributed by atoms with E-state index in [-0.39, 0.29) is 10.9 Å². The predicted octanol–water partition coefficient (Wildman–Crippen LogP) is 2.12. The van der Waals surface area contributed by atoms with Crippen LogP contribution in [0.4, 0.5) is 10.8 Å². The third-order valence-corrected chi connectivity index (χ3v) is 3.72. The van der Waals surface area contributed by atoms with Crippen LogP contribution in [0.5, 0.6) is 0 Å². The Labute approximate surface area is 117 Å². The first-order valence-electron chi connectivity index (χ1n) is 5.78.